The van der Waals surface area contributed by atoms with Gasteiger partial charge in [-0.2, -0.15) is 0 Å². The number of piperidine rings is 1. The molecular weight excluding hydrogens is 405 g/mol. The predicted molar refractivity (Wildman–Crippen MR) is 114 cm³/mol. The van der Waals surface area contributed by atoms with E-state index in [-0.39, 0.29) is 22.2 Å². The van der Waals surface area contributed by atoms with E-state index >= 15 is 0 Å². The zero-order valence-corrected chi connectivity index (χ0v) is 17.3. The molecule has 6 nitrogen and oxygen atoms in total. The molecule has 1 aliphatic heterocycles. The molecule has 1 aliphatic rings. The van der Waals surface area contributed by atoms with Gasteiger partial charge >= 0.3 is 0 Å². The Morgan fingerprint density at radius 3 is 2.60 bits per heavy atom. The molecule has 8 heteroatoms. The monoisotopic (exact) mass is 429 g/mol. The van der Waals surface area contributed by atoms with Crippen molar-refractivity contribution in [3.63, 3.8) is 0 Å². The molecule has 158 valence electrons. The van der Waals surface area contributed by atoms with Crippen LogP contribution >= 0.6 is 0 Å². The quantitative estimate of drug-likeness (QED) is 0.631. The Labute approximate surface area is 174 Å². The smallest absolute Gasteiger partial charge is 0.248 e. The van der Waals surface area contributed by atoms with Crippen molar-refractivity contribution in [2.24, 2.45) is 5.92 Å². The maximum Gasteiger partial charge on any atom is 0.248 e. The van der Waals surface area contributed by atoms with Crippen LogP contribution in [0.4, 0.5) is 4.39 Å². The summed E-state index contributed by atoms with van der Waals surface area (Å²) in [5.74, 6) is 0.0558. The van der Waals surface area contributed by atoms with E-state index in [2.05, 4.69) is 14.6 Å². The average molecular weight is 430 g/mol. The average Bonchev–Trinajstić information content (AvgIpc) is 2.74. The van der Waals surface area contributed by atoms with E-state index in [0.717, 1.165) is 25.9 Å². The minimum atomic E-state index is -3.63. The van der Waals surface area contributed by atoms with E-state index in [9.17, 15) is 17.6 Å². The van der Waals surface area contributed by atoms with Crippen molar-refractivity contribution >= 4 is 20.9 Å². The second-order valence-electron chi connectivity index (χ2n) is 7.73. The molecule has 2 aromatic carbocycles. The van der Waals surface area contributed by atoms with Gasteiger partial charge in [0.15, 0.2) is 0 Å². The molecule has 0 saturated carbocycles. The van der Waals surface area contributed by atoms with Crippen LogP contribution in [0.25, 0.3) is 10.9 Å². The summed E-state index contributed by atoms with van der Waals surface area (Å²) in [6, 6.07) is 14.4. The van der Waals surface area contributed by atoms with Gasteiger partial charge in [0.25, 0.3) is 0 Å². The van der Waals surface area contributed by atoms with Crippen LogP contribution in [0.15, 0.2) is 64.3 Å². The van der Waals surface area contributed by atoms with E-state index in [1.54, 1.807) is 30.3 Å². The lowest BCUT2D eigenvalue weighted by atomic mass is 9.97. The first kappa shape index (κ1) is 20.7. The summed E-state index contributed by atoms with van der Waals surface area (Å²) in [5, 5.41) is 0.666. The molecule has 2 N–H and O–H groups in total. The number of fused-ring (bicyclic) bond motifs is 1. The fourth-order valence-electron chi connectivity index (χ4n) is 3.83. The summed E-state index contributed by atoms with van der Waals surface area (Å²) in [5.41, 5.74) is 1.07. The van der Waals surface area contributed by atoms with Gasteiger partial charge in [-0.05, 0) is 67.6 Å². The molecule has 3 aromatic rings. The minimum Gasteiger partial charge on any atom is -0.322 e. The van der Waals surface area contributed by atoms with Gasteiger partial charge in [0, 0.05) is 30.2 Å². The van der Waals surface area contributed by atoms with E-state index in [1.807, 2.05) is 6.07 Å². The van der Waals surface area contributed by atoms with Gasteiger partial charge in [-0.25, -0.2) is 17.5 Å². The van der Waals surface area contributed by atoms with Crippen LogP contribution in [-0.2, 0) is 16.6 Å². The fourth-order valence-corrected chi connectivity index (χ4v) is 4.98. The van der Waals surface area contributed by atoms with Crippen LogP contribution in [0.1, 0.15) is 18.4 Å². The van der Waals surface area contributed by atoms with Crippen molar-refractivity contribution in [1.29, 1.82) is 0 Å². The first-order valence-corrected chi connectivity index (χ1v) is 11.5. The fraction of sp³-hybridized carbons (Fsp3) is 0.318. The van der Waals surface area contributed by atoms with Crippen molar-refractivity contribution in [2.45, 2.75) is 24.3 Å². The highest BCUT2D eigenvalue weighted by Crippen LogP contribution is 2.21. The molecule has 30 heavy (non-hydrogen) atoms. The number of nitrogens with zero attached hydrogens (tertiary/aromatic N) is 1. The Bertz CT molecular complexity index is 1200. The molecular formula is C22H24FN3O3S. The normalized spacial score (nSPS) is 16.2. The van der Waals surface area contributed by atoms with Crippen LogP contribution in [0.3, 0.4) is 0 Å². The van der Waals surface area contributed by atoms with Gasteiger partial charge in [0.1, 0.15) is 5.82 Å². The summed E-state index contributed by atoms with van der Waals surface area (Å²) >= 11 is 0. The first-order chi connectivity index (χ1) is 14.4. The van der Waals surface area contributed by atoms with Crippen molar-refractivity contribution in [3.05, 3.63) is 76.3 Å². The largest absolute Gasteiger partial charge is 0.322 e. The van der Waals surface area contributed by atoms with Gasteiger partial charge in [0.05, 0.1) is 4.90 Å². The lowest BCUT2D eigenvalue weighted by Crippen LogP contribution is -2.38. The van der Waals surface area contributed by atoms with Crippen molar-refractivity contribution in [2.75, 3.05) is 19.6 Å². The number of pyridine rings is 1. The second-order valence-corrected chi connectivity index (χ2v) is 9.50. The van der Waals surface area contributed by atoms with Crippen LogP contribution in [-0.4, -0.2) is 37.9 Å². The van der Waals surface area contributed by atoms with Crippen molar-refractivity contribution in [3.8, 4) is 0 Å². The molecule has 1 fully saturated rings. The Balaban J connectivity index is 1.33. The number of hydrogen-bond donors (Lipinski definition) is 2. The lowest BCUT2D eigenvalue weighted by Gasteiger charge is -2.32. The highest BCUT2D eigenvalue weighted by Gasteiger charge is 2.22. The minimum absolute atomic E-state index is 0.180. The van der Waals surface area contributed by atoms with Gasteiger partial charge in [-0.15, -0.1) is 0 Å². The molecule has 0 bridgehead atoms. The molecule has 1 saturated heterocycles. The summed E-state index contributed by atoms with van der Waals surface area (Å²) in [4.78, 5) is 16.4. The third kappa shape index (κ3) is 4.77. The Kier molecular flexibility index (Phi) is 5.99. The number of rotatable bonds is 6. The van der Waals surface area contributed by atoms with Crippen molar-refractivity contribution < 1.29 is 12.8 Å². The topological polar surface area (TPSA) is 82.3 Å². The Morgan fingerprint density at radius 1 is 1.07 bits per heavy atom. The third-order valence-electron chi connectivity index (χ3n) is 5.63. The molecule has 0 atom stereocenters. The van der Waals surface area contributed by atoms with Gasteiger partial charge in [0.2, 0.25) is 15.6 Å². The maximum absolute atomic E-state index is 13.8. The van der Waals surface area contributed by atoms with Crippen LogP contribution in [0, 0.1) is 11.7 Å². The highest BCUT2D eigenvalue weighted by atomic mass is 32.2. The lowest BCUT2D eigenvalue weighted by molar-refractivity contribution is 0.177. The van der Waals surface area contributed by atoms with E-state index in [4.69, 9.17) is 0 Å². The predicted octanol–water partition coefficient (Wildman–Crippen LogP) is 2.86. The zero-order valence-electron chi connectivity index (χ0n) is 16.5. The van der Waals surface area contributed by atoms with Crippen molar-refractivity contribution in [1.82, 2.24) is 14.6 Å². The summed E-state index contributed by atoms with van der Waals surface area (Å²) in [6.07, 6.45) is 1.71. The molecule has 0 amide bonds. The first-order valence-electron chi connectivity index (χ1n) is 9.99. The van der Waals surface area contributed by atoms with Gasteiger partial charge < -0.3 is 4.98 Å². The van der Waals surface area contributed by atoms with Crippen LogP contribution in [0.5, 0.6) is 0 Å². The summed E-state index contributed by atoms with van der Waals surface area (Å²) in [7, 11) is -3.63. The highest BCUT2D eigenvalue weighted by molar-refractivity contribution is 7.89. The summed E-state index contributed by atoms with van der Waals surface area (Å²) < 4.78 is 41.9. The number of aromatic nitrogens is 1. The maximum atomic E-state index is 13.8. The molecule has 1 aromatic heterocycles. The molecule has 0 radical (unpaired) electrons. The zero-order chi connectivity index (χ0) is 21.1. The number of H-pyrrole nitrogens is 1. The molecule has 0 spiro atoms. The number of aromatic amines is 1. The Morgan fingerprint density at radius 2 is 1.83 bits per heavy atom. The van der Waals surface area contributed by atoms with Crippen LogP contribution in [0.2, 0.25) is 0 Å². The van der Waals surface area contributed by atoms with E-state index in [1.165, 1.54) is 18.2 Å². The Hall–Kier alpha value is -2.55. The standard InChI is InChI=1S/C22H24FN3O3S/c23-20-4-2-1-3-18(20)15-26-11-9-16(10-12-26)14-24-30(28,29)19-6-7-21-17(13-19)5-8-22(27)25-21/h1-8,13,16,24H,9-12,14-15H2,(H,25,27). The number of halogens is 1. The van der Waals surface area contributed by atoms with Gasteiger partial charge in [-0.1, -0.05) is 18.2 Å². The number of benzene rings is 2. The third-order valence-corrected chi connectivity index (χ3v) is 7.05. The molecule has 0 aliphatic carbocycles. The number of likely N-dealkylation sites (tertiary alicyclic amines) is 1. The second kappa shape index (κ2) is 8.67. The van der Waals surface area contributed by atoms with E-state index in [0.29, 0.717) is 29.6 Å². The number of nitrogens with one attached hydrogen (secondary N) is 2. The van der Waals surface area contributed by atoms with Crippen LogP contribution < -0.4 is 10.3 Å². The van der Waals surface area contributed by atoms with Gasteiger partial charge in [-0.3, -0.25) is 9.69 Å². The molecule has 2 heterocycles. The number of sulfonamides is 1. The molecule has 4 rings (SSSR count). The van der Waals surface area contributed by atoms with E-state index < -0.39 is 10.0 Å². The number of hydrogen-bond acceptors (Lipinski definition) is 4. The molecule has 0 unspecified atom stereocenters. The SMILES string of the molecule is O=c1ccc2cc(S(=O)(=O)NCC3CCN(Cc4ccccc4F)CC3)ccc2[nH]1. The summed E-state index contributed by atoms with van der Waals surface area (Å²) in [6.45, 7) is 2.57.